The number of nitrogen functional groups attached to an aromatic ring is 1. The van der Waals surface area contributed by atoms with Crippen molar-refractivity contribution >= 4 is 11.4 Å². The maximum Gasteiger partial charge on any atom is 0.0370 e. The molecule has 2 rings (SSSR count). The third-order valence-electron chi connectivity index (χ3n) is 4.22. The summed E-state index contributed by atoms with van der Waals surface area (Å²) in [4.78, 5) is 2.44. The molecule has 1 aliphatic rings. The van der Waals surface area contributed by atoms with E-state index in [0.717, 1.165) is 11.6 Å². The Balaban J connectivity index is 2.17. The second-order valence-electron chi connectivity index (χ2n) is 5.48. The highest BCUT2D eigenvalue weighted by Gasteiger charge is 2.25. The Labute approximate surface area is 105 Å². The molecule has 94 valence electrons. The van der Waals surface area contributed by atoms with Crippen molar-refractivity contribution in [2.75, 3.05) is 17.7 Å². The van der Waals surface area contributed by atoms with Crippen molar-refractivity contribution in [2.45, 2.75) is 45.6 Å². The molecule has 2 heteroatoms. The fourth-order valence-electron chi connectivity index (χ4n) is 2.94. The van der Waals surface area contributed by atoms with Crippen LogP contribution in [0.15, 0.2) is 18.2 Å². The first-order valence-corrected chi connectivity index (χ1v) is 6.68. The Morgan fingerprint density at radius 2 is 1.94 bits per heavy atom. The zero-order chi connectivity index (χ0) is 12.4. The van der Waals surface area contributed by atoms with Crippen LogP contribution >= 0.6 is 0 Å². The van der Waals surface area contributed by atoms with Gasteiger partial charge in [-0.05, 0) is 49.4 Å². The van der Waals surface area contributed by atoms with E-state index in [1.165, 1.54) is 36.9 Å². The highest BCUT2D eigenvalue weighted by molar-refractivity contribution is 5.58. The zero-order valence-corrected chi connectivity index (χ0v) is 11.2. The number of hydrogen-bond acceptors (Lipinski definition) is 2. The minimum atomic E-state index is 0.687. The van der Waals surface area contributed by atoms with Crippen LogP contribution in [0.25, 0.3) is 0 Å². The van der Waals surface area contributed by atoms with E-state index in [9.17, 15) is 0 Å². The molecule has 0 spiro atoms. The molecule has 1 aliphatic carbocycles. The summed E-state index contributed by atoms with van der Waals surface area (Å²) in [5.74, 6) is 0.798. The average molecular weight is 232 g/mol. The van der Waals surface area contributed by atoms with E-state index in [0.29, 0.717) is 6.04 Å². The van der Waals surface area contributed by atoms with E-state index in [1.807, 2.05) is 6.07 Å². The zero-order valence-electron chi connectivity index (χ0n) is 11.2. The molecule has 0 aliphatic heterocycles. The molecule has 2 unspecified atom stereocenters. The van der Waals surface area contributed by atoms with E-state index in [-0.39, 0.29) is 0 Å². The molecule has 0 aromatic heterocycles. The number of nitrogens with two attached hydrogens (primary N) is 1. The lowest BCUT2D eigenvalue weighted by atomic mass is 9.85. The van der Waals surface area contributed by atoms with Crippen LogP contribution in [0.1, 0.15) is 38.2 Å². The Bertz CT molecular complexity index is 387. The molecule has 0 radical (unpaired) electrons. The molecule has 1 saturated carbocycles. The van der Waals surface area contributed by atoms with E-state index in [1.54, 1.807) is 0 Å². The lowest BCUT2D eigenvalue weighted by molar-refractivity contribution is 0.321. The maximum atomic E-state index is 5.88. The number of benzene rings is 1. The van der Waals surface area contributed by atoms with Crippen LogP contribution in [0.3, 0.4) is 0 Å². The van der Waals surface area contributed by atoms with Crippen LogP contribution in [-0.2, 0) is 0 Å². The van der Waals surface area contributed by atoms with Gasteiger partial charge in [0.2, 0.25) is 0 Å². The molecule has 2 atom stereocenters. The first-order chi connectivity index (χ1) is 8.09. The van der Waals surface area contributed by atoms with Crippen molar-refractivity contribution < 1.29 is 0 Å². The standard InChI is InChI=1S/C15H24N2/c1-11-6-4-5-7-15(11)17(3)13-8-9-14(16)12(2)10-13/h8-11,15H,4-7,16H2,1-3H3. The summed E-state index contributed by atoms with van der Waals surface area (Å²) in [6, 6.07) is 7.06. The van der Waals surface area contributed by atoms with Crippen molar-refractivity contribution in [1.29, 1.82) is 0 Å². The summed E-state index contributed by atoms with van der Waals surface area (Å²) >= 11 is 0. The van der Waals surface area contributed by atoms with Gasteiger partial charge in [0.15, 0.2) is 0 Å². The normalized spacial score (nSPS) is 24.6. The maximum absolute atomic E-state index is 5.88. The SMILES string of the molecule is Cc1cc(N(C)C2CCCCC2C)ccc1N. The second-order valence-corrected chi connectivity index (χ2v) is 5.48. The predicted octanol–water partition coefficient (Wildman–Crippen LogP) is 3.59. The first-order valence-electron chi connectivity index (χ1n) is 6.68. The minimum absolute atomic E-state index is 0.687. The minimum Gasteiger partial charge on any atom is -0.399 e. The van der Waals surface area contributed by atoms with Crippen LogP contribution in [0.2, 0.25) is 0 Å². The van der Waals surface area contributed by atoms with Gasteiger partial charge in [0.25, 0.3) is 0 Å². The highest BCUT2D eigenvalue weighted by Crippen LogP contribution is 2.31. The quantitative estimate of drug-likeness (QED) is 0.790. The molecule has 1 aromatic carbocycles. The predicted molar refractivity (Wildman–Crippen MR) is 75.4 cm³/mol. The molecule has 17 heavy (non-hydrogen) atoms. The van der Waals surface area contributed by atoms with Gasteiger partial charge in [-0.2, -0.15) is 0 Å². The summed E-state index contributed by atoms with van der Waals surface area (Å²) in [5, 5.41) is 0. The average Bonchev–Trinajstić information content (AvgIpc) is 2.32. The molecular weight excluding hydrogens is 208 g/mol. The molecular formula is C15H24N2. The second kappa shape index (κ2) is 4.99. The van der Waals surface area contributed by atoms with Crippen molar-refractivity contribution in [3.8, 4) is 0 Å². The number of hydrogen-bond donors (Lipinski definition) is 1. The fraction of sp³-hybridized carbons (Fsp3) is 0.600. The Morgan fingerprint density at radius 3 is 2.59 bits per heavy atom. The number of rotatable bonds is 2. The summed E-state index contributed by atoms with van der Waals surface area (Å²) in [6.45, 7) is 4.46. The van der Waals surface area contributed by atoms with Gasteiger partial charge in [0.05, 0.1) is 0 Å². The smallest absolute Gasteiger partial charge is 0.0370 e. The summed E-state index contributed by atoms with van der Waals surface area (Å²) < 4.78 is 0. The summed E-state index contributed by atoms with van der Waals surface area (Å²) in [7, 11) is 2.22. The summed E-state index contributed by atoms with van der Waals surface area (Å²) in [6.07, 6.45) is 5.45. The monoisotopic (exact) mass is 232 g/mol. The third kappa shape index (κ3) is 2.56. The molecule has 1 fully saturated rings. The van der Waals surface area contributed by atoms with Crippen LogP contribution in [0.5, 0.6) is 0 Å². The van der Waals surface area contributed by atoms with Gasteiger partial charge >= 0.3 is 0 Å². The van der Waals surface area contributed by atoms with Gasteiger partial charge in [-0.15, -0.1) is 0 Å². The topological polar surface area (TPSA) is 29.3 Å². The largest absolute Gasteiger partial charge is 0.399 e. The van der Waals surface area contributed by atoms with Gasteiger partial charge in [0, 0.05) is 24.5 Å². The lowest BCUT2D eigenvalue weighted by Crippen LogP contribution is -2.39. The lowest BCUT2D eigenvalue weighted by Gasteiger charge is -2.38. The Morgan fingerprint density at radius 1 is 1.24 bits per heavy atom. The molecule has 1 aromatic rings. The third-order valence-corrected chi connectivity index (χ3v) is 4.22. The molecule has 0 heterocycles. The van der Waals surface area contributed by atoms with Crippen LogP contribution in [0.4, 0.5) is 11.4 Å². The number of anilines is 2. The van der Waals surface area contributed by atoms with Gasteiger partial charge < -0.3 is 10.6 Å². The first kappa shape index (κ1) is 12.3. The molecule has 0 saturated heterocycles. The van der Waals surface area contributed by atoms with Crippen LogP contribution < -0.4 is 10.6 Å². The Kier molecular flexibility index (Phi) is 3.60. The van der Waals surface area contributed by atoms with Gasteiger partial charge in [-0.3, -0.25) is 0 Å². The molecule has 0 amide bonds. The van der Waals surface area contributed by atoms with Gasteiger partial charge in [0.1, 0.15) is 0 Å². The van der Waals surface area contributed by atoms with Crippen LogP contribution in [-0.4, -0.2) is 13.1 Å². The van der Waals surface area contributed by atoms with Crippen molar-refractivity contribution in [3.63, 3.8) is 0 Å². The van der Waals surface area contributed by atoms with E-state index < -0.39 is 0 Å². The summed E-state index contributed by atoms with van der Waals surface area (Å²) in [5.41, 5.74) is 9.24. The molecule has 2 N–H and O–H groups in total. The van der Waals surface area contributed by atoms with Crippen molar-refractivity contribution in [3.05, 3.63) is 23.8 Å². The van der Waals surface area contributed by atoms with Crippen molar-refractivity contribution in [1.82, 2.24) is 0 Å². The van der Waals surface area contributed by atoms with Gasteiger partial charge in [-0.25, -0.2) is 0 Å². The van der Waals surface area contributed by atoms with Crippen LogP contribution in [0, 0.1) is 12.8 Å². The van der Waals surface area contributed by atoms with E-state index in [4.69, 9.17) is 5.73 Å². The van der Waals surface area contributed by atoms with Gasteiger partial charge in [-0.1, -0.05) is 19.8 Å². The molecule has 2 nitrogen and oxygen atoms in total. The van der Waals surface area contributed by atoms with E-state index in [2.05, 4.69) is 37.9 Å². The fourth-order valence-corrected chi connectivity index (χ4v) is 2.94. The number of nitrogens with zero attached hydrogens (tertiary/aromatic N) is 1. The van der Waals surface area contributed by atoms with E-state index >= 15 is 0 Å². The highest BCUT2D eigenvalue weighted by atomic mass is 15.1. The van der Waals surface area contributed by atoms with Crippen molar-refractivity contribution in [2.24, 2.45) is 5.92 Å². The Hall–Kier alpha value is -1.18. The molecule has 0 bridgehead atoms. The number of aryl methyl sites for hydroxylation is 1.